The number of hydrogen-bond acceptors (Lipinski definition) is 3. The quantitative estimate of drug-likeness (QED) is 0.695. The smallest absolute Gasteiger partial charge is 0.247 e. The topological polar surface area (TPSA) is 70.7 Å². The summed E-state index contributed by atoms with van der Waals surface area (Å²) in [6.07, 6.45) is 15.4. The van der Waals surface area contributed by atoms with Crippen LogP contribution >= 0.6 is 0 Å². The van der Waals surface area contributed by atoms with Gasteiger partial charge >= 0.3 is 0 Å². The highest BCUT2D eigenvalue weighted by Crippen LogP contribution is 2.41. The summed E-state index contributed by atoms with van der Waals surface area (Å²) in [5, 5.41) is 13.5. The van der Waals surface area contributed by atoms with Gasteiger partial charge in [-0.2, -0.15) is 0 Å². The molecule has 0 bridgehead atoms. The Morgan fingerprint density at radius 3 is 2.61 bits per heavy atom. The Bertz CT molecular complexity index is 863. The van der Waals surface area contributed by atoms with E-state index in [-0.39, 0.29) is 11.3 Å². The van der Waals surface area contributed by atoms with Crippen LogP contribution < -0.4 is 5.32 Å². The number of nitrogens with one attached hydrogen (secondary N) is 2. The van der Waals surface area contributed by atoms with Crippen LogP contribution in [0.3, 0.4) is 0 Å². The van der Waals surface area contributed by atoms with E-state index in [9.17, 15) is 4.79 Å². The molecule has 0 radical (unpaired) electrons. The standard InChI is InChI=1S/C23H32N4O/c1-16(9-7-10-17(2)15-21-18(3)25-27-26-21)12-13-20-19(22(28)24-6)11-8-14-23(20,4)5/h7,9-10,12-13,15H,8,11,14H2,1-6H3,(H,24,28)(H,25,26,27)/b10-7+,13-12+,16-9+,17-15+. The lowest BCUT2D eigenvalue weighted by Crippen LogP contribution is -2.28. The van der Waals surface area contributed by atoms with Crippen molar-refractivity contribution >= 4 is 12.0 Å². The first-order valence-corrected chi connectivity index (χ1v) is 9.79. The van der Waals surface area contributed by atoms with Crippen LogP contribution in [0.5, 0.6) is 0 Å². The predicted octanol–water partition coefficient (Wildman–Crippen LogP) is 4.83. The molecule has 0 spiro atoms. The average molecular weight is 381 g/mol. The third-order valence-corrected chi connectivity index (χ3v) is 5.14. The van der Waals surface area contributed by atoms with Gasteiger partial charge in [0.1, 0.15) is 5.69 Å². The van der Waals surface area contributed by atoms with Crippen molar-refractivity contribution < 1.29 is 4.79 Å². The van der Waals surface area contributed by atoms with Crippen molar-refractivity contribution in [2.24, 2.45) is 5.41 Å². The zero-order valence-corrected chi connectivity index (χ0v) is 17.9. The molecule has 2 rings (SSSR count). The molecule has 0 atom stereocenters. The van der Waals surface area contributed by atoms with E-state index in [0.29, 0.717) is 0 Å². The van der Waals surface area contributed by atoms with Gasteiger partial charge < -0.3 is 5.32 Å². The Morgan fingerprint density at radius 1 is 1.21 bits per heavy atom. The number of carbonyl (C=O) groups excluding carboxylic acids is 1. The van der Waals surface area contributed by atoms with E-state index < -0.39 is 0 Å². The van der Waals surface area contributed by atoms with Gasteiger partial charge in [-0.05, 0) is 62.7 Å². The SMILES string of the molecule is CNC(=O)C1=C(/C=C/C(C)=C/C=C/C(C)=C/c2nn[nH]c2C)C(C)(C)CCC1. The second kappa shape index (κ2) is 9.49. The molecule has 1 amide bonds. The van der Waals surface area contributed by atoms with Gasteiger partial charge in [-0.15, -0.1) is 5.10 Å². The Balaban J connectivity index is 2.15. The van der Waals surface area contributed by atoms with Gasteiger partial charge in [0.2, 0.25) is 5.91 Å². The van der Waals surface area contributed by atoms with Gasteiger partial charge in [-0.1, -0.05) is 55.0 Å². The molecule has 0 saturated heterocycles. The van der Waals surface area contributed by atoms with Crippen LogP contribution in [0.15, 0.2) is 52.7 Å². The molecule has 28 heavy (non-hydrogen) atoms. The zero-order valence-electron chi connectivity index (χ0n) is 17.9. The molecule has 1 aromatic heterocycles. The predicted molar refractivity (Wildman–Crippen MR) is 116 cm³/mol. The number of allylic oxidation sites excluding steroid dienone is 8. The summed E-state index contributed by atoms with van der Waals surface area (Å²) >= 11 is 0. The summed E-state index contributed by atoms with van der Waals surface area (Å²) in [5.41, 5.74) is 6.12. The molecule has 0 aromatic carbocycles. The minimum Gasteiger partial charge on any atom is -0.355 e. The molecule has 1 aromatic rings. The van der Waals surface area contributed by atoms with Gasteiger partial charge in [0, 0.05) is 12.6 Å². The van der Waals surface area contributed by atoms with Gasteiger partial charge in [0.25, 0.3) is 0 Å². The minimum atomic E-state index is 0.0154. The maximum atomic E-state index is 12.3. The van der Waals surface area contributed by atoms with Crippen molar-refractivity contribution in [3.8, 4) is 0 Å². The molecule has 5 nitrogen and oxygen atoms in total. The van der Waals surface area contributed by atoms with Crippen LogP contribution in [0.1, 0.15) is 58.3 Å². The fraction of sp³-hybridized carbons (Fsp3) is 0.435. The Morgan fingerprint density at radius 2 is 1.96 bits per heavy atom. The lowest BCUT2D eigenvalue weighted by atomic mass is 9.72. The lowest BCUT2D eigenvalue weighted by Gasteiger charge is -2.33. The number of hydrogen-bond donors (Lipinski definition) is 2. The molecule has 0 saturated carbocycles. The number of amides is 1. The third-order valence-electron chi connectivity index (χ3n) is 5.14. The highest BCUT2D eigenvalue weighted by molar-refractivity contribution is 5.94. The van der Waals surface area contributed by atoms with Crippen LogP contribution in [-0.4, -0.2) is 28.4 Å². The lowest BCUT2D eigenvalue weighted by molar-refractivity contribution is -0.117. The maximum absolute atomic E-state index is 12.3. The van der Waals surface area contributed by atoms with E-state index in [2.05, 4.69) is 59.7 Å². The number of nitrogens with zero attached hydrogens (tertiary/aromatic N) is 2. The second-order valence-electron chi connectivity index (χ2n) is 8.02. The van der Waals surface area contributed by atoms with E-state index >= 15 is 0 Å². The van der Waals surface area contributed by atoms with Gasteiger partial charge in [0.15, 0.2) is 0 Å². The first-order valence-electron chi connectivity index (χ1n) is 9.79. The van der Waals surface area contributed by atoms with E-state index in [1.54, 1.807) is 7.05 Å². The first-order chi connectivity index (χ1) is 13.2. The van der Waals surface area contributed by atoms with E-state index in [4.69, 9.17) is 0 Å². The maximum Gasteiger partial charge on any atom is 0.247 e. The zero-order chi connectivity index (χ0) is 20.7. The Hall–Kier alpha value is -2.69. The number of carbonyl (C=O) groups is 1. The molecule has 0 unspecified atom stereocenters. The number of likely N-dealkylation sites (N-methyl/N-ethyl adjacent to an activating group) is 1. The van der Waals surface area contributed by atoms with Crippen molar-refractivity contribution in [3.05, 3.63) is 64.1 Å². The summed E-state index contributed by atoms with van der Waals surface area (Å²) in [7, 11) is 1.70. The molecule has 2 N–H and O–H groups in total. The monoisotopic (exact) mass is 380 g/mol. The van der Waals surface area contributed by atoms with Gasteiger partial charge in [-0.25, -0.2) is 0 Å². The third kappa shape index (κ3) is 5.65. The molecule has 1 aliphatic carbocycles. The van der Waals surface area contributed by atoms with E-state index in [1.165, 1.54) is 0 Å². The molecule has 0 aliphatic heterocycles. The summed E-state index contributed by atoms with van der Waals surface area (Å²) in [5.74, 6) is 0.0397. The summed E-state index contributed by atoms with van der Waals surface area (Å²) in [6.45, 7) is 10.5. The number of H-pyrrole nitrogens is 1. The van der Waals surface area contributed by atoms with Crippen molar-refractivity contribution in [2.45, 2.75) is 53.9 Å². The number of rotatable bonds is 6. The van der Waals surface area contributed by atoms with E-state index in [1.807, 2.05) is 32.1 Å². The summed E-state index contributed by atoms with van der Waals surface area (Å²) in [6, 6.07) is 0. The van der Waals surface area contributed by atoms with Gasteiger partial charge in [-0.3, -0.25) is 9.89 Å². The second-order valence-corrected chi connectivity index (χ2v) is 8.02. The molecule has 150 valence electrons. The number of aryl methyl sites for hydroxylation is 1. The van der Waals surface area contributed by atoms with Crippen molar-refractivity contribution in [2.75, 3.05) is 7.05 Å². The highest BCUT2D eigenvalue weighted by atomic mass is 16.1. The van der Waals surface area contributed by atoms with E-state index in [0.717, 1.165) is 52.9 Å². The number of aromatic amines is 1. The molecular formula is C23H32N4O. The first kappa shape index (κ1) is 21.6. The molecule has 1 aliphatic rings. The number of aromatic nitrogens is 3. The Kier molecular flexibility index (Phi) is 7.32. The van der Waals surface area contributed by atoms with Crippen LogP contribution in [-0.2, 0) is 4.79 Å². The highest BCUT2D eigenvalue weighted by Gasteiger charge is 2.30. The van der Waals surface area contributed by atoms with Gasteiger partial charge in [0.05, 0.1) is 5.69 Å². The molecule has 5 heteroatoms. The minimum absolute atomic E-state index is 0.0154. The van der Waals surface area contributed by atoms with Crippen LogP contribution in [0, 0.1) is 12.3 Å². The fourth-order valence-electron chi connectivity index (χ4n) is 3.41. The molecule has 0 fully saturated rings. The van der Waals surface area contributed by atoms with Crippen LogP contribution in [0.25, 0.3) is 6.08 Å². The van der Waals surface area contributed by atoms with Crippen LogP contribution in [0.4, 0.5) is 0 Å². The van der Waals surface area contributed by atoms with Crippen molar-refractivity contribution in [1.82, 2.24) is 20.7 Å². The average Bonchev–Trinajstić information content (AvgIpc) is 3.03. The molecular weight excluding hydrogens is 348 g/mol. The van der Waals surface area contributed by atoms with Crippen molar-refractivity contribution in [3.63, 3.8) is 0 Å². The largest absolute Gasteiger partial charge is 0.355 e. The normalized spacial score (nSPS) is 18.4. The van der Waals surface area contributed by atoms with Crippen LogP contribution in [0.2, 0.25) is 0 Å². The summed E-state index contributed by atoms with van der Waals surface area (Å²) in [4.78, 5) is 12.3. The Labute approximate surface area is 168 Å². The summed E-state index contributed by atoms with van der Waals surface area (Å²) < 4.78 is 0. The van der Waals surface area contributed by atoms with Crippen molar-refractivity contribution in [1.29, 1.82) is 0 Å². The fourth-order valence-corrected chi connectivity index (χ4v) is 3.41. The molecule has 1 heterocycles.